The normalized spacial score (nSPS) is 29.3. The van der Waals surface area contributed by atoms with Crippen molar-refractivity contribution >= 4 is 5.84 Å². The zero-order valence-electron chi connectivity index (χ0n) is 8.91. The van der Waals surface area contributed by atoms with Gasteiger partial charge in [-0.3, -0.25) is 0 Å². The molecule has 1 heterocycles. The Morgan fingerprint density at radius 3 is 2.93 bits per heavy atom. The largest absolute Gasteiger partial charge is 0.409 e. The molecule has 4 N–H and O–H groups in total. The summed E-state index contributed by atoms with van der Waals surface area (Å²) in [6, 6.07) is 0.495. The number of oxime groups is 1. The van der Waals surface area contributed by atoms with Gasteiger partial charge in [0.25, 0.3) is 0 Å². The van der Waals surface area contributed by atoms with Gasteiger partial charge in [0.15, 0.2) is 0 Å². The summed E-state index contributed by atoms with van der Waals surface area (Å²) in [4.78, 5) is 0. The lowest BCUT2D eigenvalue weighted by Crippen LogP contribution is -2.36. The number of nitrogens with two attached hydrogens (primary N) is 1. The van der Waals surface area contributed by atoms with E-state index < -0.39 is 0 Å². The summed E-state index contributed by atoms with van der Waals surface area (Å²) < 4.78 is 5.29. The number of nitrogens with zero attached hydrogens (tertiary/aromatic N) is 1. The number of hydrogen-bond acceptors (Lipinski definition) is 4. The third-order valence-corrected chi connectivity index (χ3v) is 3.34. The van der Waals surface area contributed by atoms with Crippen LogP contribution < -0.4 is 11.1 Å². The summed E-state index contributed by atoms with van der Waals surface area (Å²) in [6.45, 7) is 2.64. The molecule has 0 radical (unpaired) electrons. The highest BCUT2D eigenvalue weighted by Gasteiger charge is 2.43. The molecular formula is C10H19N3O2. The molecule has 1 aliphatic carbocycles. The highest BCUT2D eigenvalue weighted by atomic mass is 16.5. The Bertz CT molecular complexity index is 245. The highest BCUT2D eigenvalue weighted by molar-refractivity contribution is 5.80. The Balaban J connectivity index is 1.73. The Labute approximate surface area is 89.7 Å². The van der Waals surface area contributed by atoms with E-state index in [4.69, 9.17) is 15.7 Å². The maximum Gasteiger partial charge on any atom is 0.139 e. The van der Waals surface area contributed by atoms with E-state index in [0.29, 0.717) is 18.3 Å². The van der Waals surface area contributed by atoms with Crippen LogP contribution in [0.1, 0.15) is 25.7 Å². The molecule has 15 heavy (non-hydrogen) atoms. The Morgan fingerprint density at radius 2 is 2.40 bits per heavy atom. The zero-order valence-corrected chi connectivity index (χ0v) is 8.91. The van der Waals surface area contributed by atoms with Gasteiger partial charge in [0.1, 0.15) is 5.84 Å². The molecule has 0 amide bonds. The lowest BCUT2D eigenvalue weighted by Gasteiger charge is -2.18. The van der Waals surface area contributed by atoms with Gasteiger partial charge in [0.2, 0.25) is 0 Å². The second-order valence-electron chi connectivity index (χ2n) is 4.71. The van der Waals surface area contributed by atoms with Crippen LogP contribution in [0, 0.1) is 5.41 Å². The average Bonchev–Trinajstić information content (AvgIpc) is 2.81. The number of rotatable bonds is 5. The van der Waals surface area contributed by atoms with Gasteiger partial charge >= 0.3 is 0 Å². The highest BCUT2D eigenvalue weighted by Crippen LogP contribution is 2.48. The third-order valence-electron chi connectivity index (χ3n) is 3.34. The second kappa shape index (κ2) is 4.37. The summed E-state index contributed by atoms with van der Waals surface area (Å²) in [5, 5.41) is 15.1. The lowest BCUT2D eigenvalue weighted by molar-refractivity contribution is 0.189. The summed E-state index contributed by atoms with van der Waals surface area (Å²) in [7, 11) is 0. The van der Waals surface area contributed by atoms with Gasteiger partial charge in [-0.2, -0.15) is 0 Å². The van der Waals surface area contributed by atoms with Crippen molar-refractivity contribution in [3.63, 3.8) is 0 Å². The van der Waals surface area contributed by atoms with E-state index in [2.05, 4.69) is 10.5 Å². The zero-order chi connectivity index (χ0) is 10.7. The summed E-state index contributed by atoms with van der Waals surface area (Å²) >= 11 is 0. The topological polar surface area (TPSA) is 79.9 Å². The smallest absolute Gasteiger partial charge is 0.139 e. The van der Waals surface area contributed by atoms with Crippen LogP contribution in [-0.4, -0.2) is 36.8 Å². The van der Waals surface area contributed by atoms with Gasteiger partial charge in [-0.1, -0.05) is 5.16 Å². The fourth-order valence-electron chi connectivity index (χ4n) is 2.07. The van der Waals surface area contributed by atoms with Crippen molar-refractivity contribution in [2.24, 2.45) is 16.3 Å². The fraction of sp³-hybridized carbons (Fsp3) is 0.900. The van der Waals surface area contributed by atoms with Crippen molar-refractivity contribution < 1.29 is 9.94 Å². The molecule has 1 saturated carbocycles. The quantitative estimate of drug-likeness (QED) is 0.265. The molecule has 2 aliphatic rings. The molecule has 2 fully saturated rings. The molecule has 0 aromatic heterocycles. The van der Waals surface area contributed by atoms with Gasteiger partial charge in [-0.15, -0.1) is 0 Å². The number of ether oxygens (including phenoxy) is 1. The predicted molar refractivity (Wildman–Crippen MR) is 56.9 cm³/mol. The molecule has 5 heteroatoms. The first-order chi connectivity index (χ1) is 7.24. The first-order valence-electron chi connectivity index (χ1n) is 5.52. The average molecular weight is 213 g/mol. The van der Waals surface area contributed by atoms with E-state index >= 15 is 0 Å². The third kappa shape index (κ3) is 2.82. The van der Waals surface area contributed by atoms with Crippen molar-refractivity contribution in [1.29, 1.82) is 0 Å². The van der Waals surface area contributed by atoms with E-state index in [-0.39, 0.29) is 5.41 Å². The van der Waals surface area contributed by atoms with Crippen LogP contribution in [0.25, 0.3) is 0 Å². The Hall–Kier alpha value is -0.810. The van der Waals surface area contributed by atoms with Crippen molar-refractivity contribution in [3.8, 4) is 0 Å². The Morgan fingerprint density at radius 1 is 1.60 bits per heavy atom. The molecule has 2 rings (SSSR count). The molecule has 1 saturated heterocycles. The number of nitrogens with one attached hydrogen (secondary N) is 1. The molecule has 1 atom stereocenters. The fourth-order valence-corrected chi connectivity index (χ4v) is 2.07. The van der Waals surface area contributed by atoms with Gasteiger partial charge in [-0.25, -0.2) is 0 Å². The maximum absolute atomic E-state index is 8.53. The van der Waals surface area contributed by atoms with Gasteiger partial charge in [0, 0.05) is 25.6 Å². The Kier molecular flexibility index (Phi) is 3.11. The van der Waals surface area contributed by atoms with E-state index in [0.717, 1.165) is 26.2 Å². The van der Waals surface area contributed by atoms with Crippen LogP contribution in [0.5, 0.6) is 0 Å². The summed E-state index contributed by atoms with van der Waals surface area (Å²) in [5.74, 6) is 0.344. The molecular weight excluding hydrogens is 194 g/mol. The molecule has 0 spiro atoms. The molecule has 1 aliphatic heterocycles. The van der Waals surface area contributed by atoms with Crippen molar-refractivity contribution in [1.82, 2.24) is 5.32 Å². The van der Waals surface area contributed by atoms with Crippen molar-refractivity contribution in [3.05, 3.63) is 0 Å². The molecule has 0 aromatic carbocycles. The van der Waals surface area contributed by atoms with Crippen LogP contribution in [0.15, 0.2) is 5.16 Å². The minimum absolute atomic E-state index is 0.249. The van der Waals surface area contributed by atoms with Crippen molar-refractivity contribution in [2.45, 2.75) is 31.7 Å². The van der Waals surface area contributed by atoms with E-state index in [1.807, 2.05) is 0 Å². The molecule has 0 bridgehead atoms. The van der Waals surface area contributed by atoms with Gasteiger partial charge < -0.3 is 21.0 Å². The molecule has 86 valence electrons. The molecule has 5 nitrogen and oxygen atoms in total. The van der Waals surface area contributed by atoms with E-state index in [1.54, 1.807) is 0 Å². The van der Waals surface area contributed by atoms with Crippen LogP contribution >= 0.6 is 0 Å². The first kappa shape index (κ1) is 10.7. The van der Waals surface area contributed by atoms with Gasteiger partial charge in [0.05, 0.1) is 6.61 Å². The molecule has 0 aromatic rings. The van der Waals surface area contributed by atoms with Crippen LogP contribution in [0.3, 0.4) is 0 Å². The minimum Gasteiger partial charge on any atom is -0.409 e. The number of hydrogen-bond donors (Lipinski definition) is 3. The van der Waals surface area contributed by atoms with Crippen molar-refractivity contribution in [2.75, 3.05) is 19.8 Å². The second-order valence-corrected chi connectivity index (χ2v) is 4.71. The first-order valence-corrected chi connectivity index (χ1v) is 5.52. The van der Waals surface area contributed by atoms with E-state index in [1.165, 1.54) is 12.8 Å². The monoisotopic (exact) mass is 213 g/mol. The SMILES string of the molecule is NC(CC1(CNC2CCOC2)CC1)=NO. The standard InChI is InChI=1S/C10H19N3O2/c11-9(13-14)5-10(2-3-10)7-12-8-1-4-15-6-8/h8,12,14H,1-7H2,(H2,11,13). The molecule has 1 unspecified atom stereocenters. The predicted octanol–water partition coefficient (Wildman–Crippen LogP) is 0.282. The summed E-state index contributed by atoms with van der Waals surface area (Å²) in [5.41, 5.74) is 5.78. The van der Waals surface area contributed by atoms with Crippen LogP contribution in [0.4, 0.5) is 0 Å². The number of amidine groups is 1. The maximum atomic E-state index is 8.53. The van der Waals surface area contributed by atoms with Crippen LogP contribution in [-0.2, 0) is 4.74 Å². The van der Waals surface area contributed by atoms with Gasteiger partial charge in [-0.05, 0) is 24.7 Å². The van der Waals surface area contributed by atoms with Crippen LogP contribution in [0.2, 0.25) is 0 Å². The summed E-state index contributed by atoms with van der Waals surface area (Å²) in [6.07, 6.45) is 4.14. The van der Waals surface area contributed by atoms with E-state index in [9.17, 15) is 0 Å². The lowest BCUT2D eigenvalue weighted by atomic mass is 10.0. The minimum atomic E-state index is 0.249.